The molecular weight excluding hydrogens is 206 g/mol. The molecule has 0 radical (unpaired) electrons. The number of hydrogen-bond donors (Lipinski definition) is 1. The van der Waals surface area contributed by atoms with E-state index in [1.807, 2.05) is 18.2 Å². The SMILES string of the molecule is COc1cnn(C(=O)Nc2ccccc2)c1. The Kier molecular flexibility index (Phi) is 2.86. The number of anilines is 1. The van der Waals surface area contributed by atoms with Gasteiger partial charge in [0.1, 0.15) is 0 Å². The minimum atomic E-state index is -0.325. The van der Waals surface area contributed by atoms with E-state index in [0.29, 0.717) is 5.75 Å². The van der Waals surface area contributed by atoms with Gasteiger partial charge in [0.05, 0.1) is 19.5 Å². The van der Waals surface area contributed by atoms with Crippen molar-refractivity contribution < 1.29 is 9.53 Å². The van der Waals surface area contributed by atoms with Crippen LogP contribution in [-0.2, 0) is 0 Å². The monoisotopic (exact) mass is 217 g/mol. The number of nitrogens with one attached hydrogen (secondary N) is 1. The van der Waals surface area contributed by atoms with Gasteiger partial charge in [-0.1, -0.05) is 18.2 Å². The maximum Gasteiger partial charge on any atom is 0.346 e. The van der Waals surface area contributed by atoms with Crippen LogP contribution in [0.15, 0.2) is 42.7 Å². The van der Waals surface area contributed by atoms with Crippen LogP contribution < -0.4 is 10.1 Å². The van der Waals surface area contributed by atoms with Gasteiger partial charge in [-0.3, -0.25) is 0 Å². The highest BCUT2D eigenvalue weighted by Crippen LogP contribution is 2.09. The first-order valence-corrected chi connectivity index (χ1v) is 4.74. The molecule has 1 aromatic heterocycles. The predicted molar refractivity (Wildman–Crippen MR) is 59.6 cm³/mol. The average Bonchev–Trinajstić information content (AvgIpc) is 2.79. The summed E-state index contributed by atoms with van der Waals surface area (Å²) in [5.41, 5.74) is 0.724. The van der Waals surface area contributed by atoms with Gasteiger partial charge < -0.3 is 10.1 Å². The molecule has 1 aromatic carbocycles. The number of para-hydroxylation sites is 1. The summed E-state index contributed by atoms with van der Waals surface area (Å²) in [4.78, 5) is 11.7. The Bertz CT molecular complexity index is 479. The minimum absolute atomic E-state index is 0.325. The molecule has 82 valence electrons. The summed E-state index contributed by atoms with van der Waals surface area (Å²) in [5, 5.41) is 6.56. The lowest BCUT2D eigenvalue weighted by Gasteiger charge is -2.03. The molecule has 2 aromatic rings. The predicted octanol–water partition coefficient (Wildman–Crippen LogP) is 1.97. The minimum Gasteiger partial charge on any atom is -0.493 e. The average molecular weight is 217 g/mol. The normalized spacial score (nSPS) is 9.81. The largest absolute Gasteiger partial charge is 0.493 e. The smallest absolute Gasteiger partial charge is 0.346 e. The highest BCUT2D eigenvalue weighted by molar-refractivity contribution is 5.90. The second-order valence-corrected chi connectivity index (χ2v) is 3.12. The van der Waals surface area contributed by atoms with Gasteiger partial charge in [-0.25, -0.2) is 4.79 Å². The zero-order valence-electron chi connectivity index (χ0n) is 8.75. The van der Waals surface area contributed by atoms with E-state index in [1.165, 1.54) is 24.2 Å². The van der Waals surface area contributed by atoms with E-state index >= 15 is 0 Å². The summed E-state index contributed by atoms with van der Waals surface area (Å²) in [6, 6.07) is 8.86. The van der Waals surface area contributed by atoms with Crippen molar-refractivity contribution in [3.05, 3.63) is 42.7 Å². The first-order valence-electron chi connectivity index (χ1n) is 4.74. The zero-order valence-corrected chi connectivity index (χ0v) is 8.75. The molecule has 0 aliphatic carbocycles. The van der Waals surface area contributed by atoms with E-state index in [-0.39, 0.29) is 6.03 Å². The van der Waals surface area contributed by atoms with Crippen molar-refractivity contribution in [2.24, 2.45) is 0 Å². The molecule has 0 aliphatic heterocycles. The molecule has 0 unspecified atom stereocenters. The molecule has 0 fully saturated rings. The van der Waals surface area contributed by atoms with E-state index in [4.69, 9.17) is 4.74 Å². The molecule has 1 heterocycles. The molecular formula is C11H11N3O2. The number of ether oxygens (including phenoxy) is 1. The van der Waals surface area contributed by atoms with Crippen LogP contribution in [0, 0.1) is 0 Å². The Morgan fingerprint density at radius 1 is 1.38 bits per heavy atom. The van der Waals surface area contributed by atoms with Gasteiger partial charge >= 0.3 is 6.03 Å². The molecule has 0 aliphatic rings. The van der Waals surface area contributed by atoms with Crippen LogP contribution >= 0.6 is 0 Å². The molecule has 0 saturated heterocycles. The zero-order chi connectivity index (χ0) is 11.4. The van der Waals surface area contributed by atoms with Crippen molar-refractivity contribution in [3.63, 3.8) is 0 Å². The van der Waals surface area contributed by atoms with Crippen LogP contribution in [0.3, 0.4) is 0 Å². The van der Waals surface area contributed by atoms with Crippen LogP contribution in [-0.4, -0.2) is 22.9 Å². The summed E-state index contributed by atoms with van der Waals surface area (Å²) in [5.74, 6) is 0.545. The number of amides is 1. The lowest BCUT2D eigenvalue weighted by Crippen LogP contribution is -2.19. The highest BCUT2D eigenvalue weighted by atomic mass is 16.5. The summed E-state index contributed by atoms with van der Waals surface area (Å²) in [6.07, 6.45) is 2.99. The third kappa shape index (κ3) is 2.20. The van der Waals surface area contributed by atoms with E-state index in [2.05, 4.69) is 10.4 Å². The van der Waals surface area contributed by atoms with Gasteiger partial charge in [0.25, 0.3) is 0 Å². The number of rotatable bonds is 2. The molecule has 0 saturated carbocycles. The fraction of sp³-hybridized carbons (Fsp3) is 0.0909. The molecule has 0 atom stereocenters. The molecule has 16 heavy (non-hydrogen) atoms. The standard InChI is InChI=1S/C11H11N3O2/c1-16-10-7-12-14(8-10)11(15)13-9-5-3-2-4-6-9/h2-8H,1H3,(H,13,15). The van der Waals surface area contributed by atoms with Gasteiger partial charge in [0, 0.05) is 5.69 Å². The number of aromatic nitrogens is 2. The van der Waals surface area contributed by atoms with Crippen molar-refractivity contribution >= 4 is 11.7 Å². The highest BCUT2D eigenvalue weighted by Gasteiger charge is 2.06. The van der Waals surface area contributed by atoms with E-state index in [1.54, 1.807) is 12.1 Å². The summed E-state index contributed by atoms with van der Waals surface area (Å²) >= 11 is 0. The number of benzene rings is 1. The lowest BCUT2D eigenvalue weighted by atomic mass is 10.3. The Hall–Kier alpha value is -2.30. The summed E-state index contributed by atoms with van der Waals surface area (Å²) in [7, 11) is 1.52. The van der Waals surface area contributed by atoms with Crippen molar-refractivity contribution in [1.29, 1.82) is 0 Å². The second-order valence-electron chi connectivity index (χ2n) is 3.12. The van der Waals surface area contributed by atoms with Crippen molar-refractivity contribution in [3.8, 4) is 5.75 Å². The molecule has 5 heteroatoms. The quantitative estimate of drug-likeness (QED) is 0.836. The molecule has 5 nitrogen and oxygen atoms in total. The Morgan fingerprint density at radius 3 is 2.75 bits per heavy atom. The van der Waals surface area contributed by atoms with E-state index in [0.717, 1.165) is 5.69 Å². The first kappa shape index (κ1) is 10.2. The molecule has 0 bridgehead atoms. The second kappa shape index (κ2) is 4.48. The molecule has 1 N–H and O–H groups in total. The van der Waals surface area contributed by atoms with Gasteiger partial charge in [-0.05, 0) is 12.1 Å². The van der Waals surface area contributed by atoms with Gasteiger partial charge in [-0.2, -0.15) is 9.78 Å². The topological polar surface area (TPSA) is 56.2 Å². The fourth-order valence-corrected chi connectivity index (χ4v) is 1.23. The third-order valence-electron chi connectivity index (χ3n) is 2.03. The van der Waals surface area contributed by atoms with E-state index < -0.39 is 0 Å². The maximum absolute atomic E-state index is 11.7. The van der Waals surface area contributed by atoms with Gasteiger partial charge in [-0.15, -0.1) is 0 Å². The van der Waals surface area contributed by atoms with Crippen LogP contribution in [0.2, 0.25) is 0 Å². The van der Waals surface area contributed by atoms with Crippen molar-refractivity contribution in [2.45, 2.75) is 0 Å². The summed E-state index contributed by atoms with van der Waals surface area (Å²) < 4.78 is 6.12. The number of hydrogen-bond acceptors (Lipinski definition) is 3. The maximum atomic E-state index is 11.7. The Morgan fingerprint density at radius 2 is 2.12 bits per heavy atom. The molecule has 2 rings (SSSR count). The number of carbonyl (C=O) groups is 1. The molecule has 0 spiro atoms. The Labute approximate surface area is 92.7 Å². The third-order valence-corrected chi connectivity index (χ3v) is 2.03. The number of nitrogens with zero attached hydrogens (tertiary/aromatic N) is 2. The van der Waals surface area contributed by atoms with Gasteiger partial charge in [0.15, 0.2) is 5.75 Å². The Balaban J connectivity index is 2.09. The van der Waals surface area contributed by atoms with Crippen LogP contribution in [0.1, 0.15) is 0 Å². The fourth-order valence-electron chi connectivity index (χ4n) is 1.23. The van der Waals surface area contributed by atoms with E-state index in [9.17, 15) is 4.79 Å². The number of methoxy groups -OCH3 is 1. The number of carbonyl (C=O) groups excluding carboxylic acids is 1. The molecule has 1 amide bonds. The van der Waals surface area contributed by atoms with Crippen LogP contribution in [0.4, 0.5) is 10.5 Å². The van der Waals surface area contributed by atoms with Crippen molar-refractivity contribution in [1.82, 2.24) is 9.78 Å². The van der Waals surface area contributed by atoms with Crippen molar-refractivity contribution in [2.75, 3.05) is 12.4 Å². The lowest BCUT2D eigenvalue weighted by molar-refractivity contribution is 0.251. The van der Waals surface area contributed by atoms with Crippen LogP contribution in [0.5, 0.6) is 5.75 Å². The van der Waals surface area contributed by atoms with Gasteiger partial charge in [0.2, 0.25) is 0 Å². The summed E-state index contributed by atoms with van der Waals surface area (Å²) in [6.45, 7) is 0. The van der Waals surface area contributed by atoms with Crippen LogP contribution in [0.25, 0.3) is 0 Å². The first-order chi connectivity index (χ1) is 7.79.